The van der Waals surface area contributed by atoms with Gasteiger partial charge in [-0.25, -0.2) is 0 Å². The first-order valence-corrected chi connectivity index (χ1v) is 8.71. The Hall–Kier alpha value is -1.36. The van der Waals surface area contributed by atoms with E-state index in [0.717, 1.165) is 19.3 Å². The molecule has 2 fully saturated rings. The number of likely N-dealkylation sites (tertiary alicyclic amines) is 1. The highest BCUT2D eigenvalue weighted by atomic mass is 32.1. The SMILES string of the molecule is O=C(NCCc1cccs1)[C@@H]1CC(=O)N(C2CCCC2)C1. The van der Waals surface area contributed by atoms with Crippen LogP contribution >= 0.6 is 11.3 Å². The molecule has 2 heterocycles. The van der Waals surface area contributed by atoms with E-state index in [4.69, 9.17) is 0 Å². The summed E-state index contributed by atoms with van der Waals surface area (Å²) in [7, 11) is 0. The fourth-order valence-electron chi connectivity index (χ4n) is 3.38. The summed E-state index contributed by atoms with van der Waals surface area (Å²) in [5.74, 6) is 0.0575. The van der Waals surface area contributed by atoms with Gasteiger partial charge in [-0.3, -0.25) is 9.59 Å². The van der Waals surface area contributed by atoms with Gasteiger partial charge in [0.1, 0.15) is 0 Å². The van der Waals surface area contributed by atoms with E-state index < -0.39 is 0 Å². The Morgan fingerprint density at radius 3 is 2.90 bits per heavy atom. The van der Waals surface area contributed by atoms with Crippen LogP contribution in [0.15, 0.2) is 17.5 Å². The van der Waals surface area contributed by atoms with Crippen molar-refractivity contribution in [1.29, 1.82) is 0 Å². The standard InChI is InChI=1S/C16H22N2O2S/c19-15-10-12(11-18(15)13-4-1-2-5-13)16(20)17-8-7-14-6-3-9-21-14/h3,6,9,12-13H,1-2,4-5,7-8,10-11H2,(H,17,20)/t12-/m1/s1. The molecule has 1 atom stereocenters. The molecule has 1 aliphatic carbocycles. The molecule has 1 aromatic rings. The van der Waals surface area contributed by atoms with Crippen molar-refractivity contribution in [2.45, 2.75) is 44.6 Å². The normalized spacial score (nSPS) is 23.0. The van der Waals surface area contributed by atoms with Gasteiger partial charge >= 0.3 is 0 Å². The number of carbonyl (C=O) groups excluding carboxylic acids is 2. The van der Waals surface area contributed by atoms with Crippen molar-refractivity contribution in [3.8, 4) is 0 Å². The molecule has 0 bridgehead atoms. The molecule has 21 heavy (non-hydrogen) atoms. The lowest BCUT2D eigenvalue weighted by Gasteiger charge is -2.23. The van der Waals surface area contributed by atoms with Gasteiger partial charge in [-0.15, -0.1) is 11.3 Å². The van der Waals surface area contributed by atoms with Crippen molar-refractivity contribution < 1.29 is 9.59 Å². The maximum absolute atomic E-state index is 12.2. The Labute approximate surface area is 129 Å². The Balaban J connectivity index is 1.46. The molecule has 0 radical (unpaired) electrons. The average molecular weight is 306 g/mol. The van der Waals surface area contributed by atoms with Crippen LogP contribution in [0.25, 0.3) is 0 Å². The first-order chi connectivity index (χ1) is 10.2. The Bertz CT molecular complexity index is 494. The predicted octanol–water partition coefficient (Wildman–Crippen LogP) is 2.20. The van der Waals surface area contributed by atoms with Crippen LogP contribution in [-0.2, 0) is 16.0 Å². The molecule has 2 amide bonds. The zero-order chi connectivity index (χ0) is 14.7. The molecule has 114 valence electrons. The van der Waals surface area contributed by atoms with Crippen LogP contribution < -0.4 is 5.32 Å². The molecule has 2 aliphatic rings. The molecule has 0 spiro atoms. The summed E-state index contributed by atoms with van der Waals surface area (Å²) in [4.78, 5) is 27.5. The van der Waals surface area contributed by atoms with Gasteiger partial charge in [0.2, 0.25) is 11.8 Å². The summed E-state index contributed by atoms with van der Waals surface area (Å²) < 4.78 is 0. The number of thiophene rings is 1. The van der Waals surface area contributed by atoms with E-state index in [-0.39, 0.29) is 17.7 Å². The molecular weight excluding hydrogens is 284 g/mol. The predicted molar refractivity (Wildman–Crippen MR) is 83.1 cm³/mol. The van der Waals surface area contributed by atoms with Crippen LogP contribution in [0.5, 0.6) is 0 Å². The number of carbonyl (C=O) groups is 2. The minimum absolute atomic E-state index is 0.0420. The van der Waals surface area contributed by atoms with Crippen LogP contribution in [0.2, 0.25) is 0 Å². The molecule has 3 rings (SSSR count). The van der Waals surface area contributed by atoms with E-state index in [1.165, 1.54) is 17.7 Å². The zero-order valence-electron chi connectivity index (χ0n) is 12.2. The lowest BCUT2D eigenvalue weighted by Crippen LogP contribution is -2.37. The Morgan fingerprint density at radius 1 is 1.38 bits per heavy atom. The van der Waals surface area contributed by atoms with Gasteiger partial charge < -0.3 is 10.2 Å². The number of hydrogen-bond acceptors (Lipinski definition) is 3. The highest BCUT2D eigenvalue weighted by Gasteiger charge is 2.38. The van der Waals surface area contributed by atoms with Crippen LogP contribution in [0.1, 0.15) is 37.0 Å². The van der Waals surface area contributed by atoms with E-state index in [2.05, 4.69) is 11.4 Å². The van der Waals surface area contributed by atoms with Crippen molar-refractivity contribution in [3.63, 3.8) is 0 Å². The molecule has 0 unspecified atom stereocenters. The van der Waals surface area contributed by atoms with Crippen molar-refractivity contribution in [2.24, 2.45) is 5.92 Å². The minimum atomic E-state index is -0.151. The van der Waals surface area contributed by atoms with Gasteiger partial charge in [-0.2, -0.15) is 0 Å². The van der Waals surface area contributed by atoms with Crippen LogP contribution in [0.4, 0.5) is 0 Å². The first-order valence-electron chi connectivity index (χ1n) is 7.83. The molecule has 1 N–H and O–H groups in total. The van der Waals surface area contributed by atoms with E-state index in [0.29, 0.717) is 25.6 Å². The fraction of sp³-hybridized carbons (Fsp3) is 0.625. The Morgan fingerprint density at radius 2 is 2.19 bits per heavy atom. The summed E-state index contributed by atoms with van der Waals surface area (Å²) in [6.07, 6.45) is 5.91. The van der Waals surface area contributed by atoms with E-state index in [1.54, 1.807) is 11.3 Å². The third-order valence-electron chi connectivity index (χ3n) is 4.55. The lowest BCUT2D eigenvalue weighted by molar-refractivity contribution is -0.130. The maximum Gasteiger partial charge on any atom is 0.225 e. The molecule has 1 saturated heterocycles. The highest BCUT2D eigenvalue weighted by molar-refractivity contribution is 7.09. The van der Waals surface area contributed by atoms with E-state index in [1.807, 2.05) is 16.3 Å². The van der Waals surface area contributed by atoms with E-state index >= 15 is 0 Å². The van der Waals surface area contributed by atoms with Gasteiger partial charge in [0.05, 0.1) is 5.92 Å². The molecule has 4 nitrogen and oxygen atoms in total. The molecule has 0 aromatic carbocycles. The van der Waals surface area contributed by atoms with Gasteiger partial charge in [0.25, 0.3) is 0 Å². The fourth-order valence-corrected chi connectivity index (χ4v) is 4.09. The summed E-state index contributed by atoms with van der Waals surface area (Å²) in [6.45, 7) is 1.28. The highest BCUT2D eigenvalue weighted by Crippen LogP contribution is 2.29. The molecule has 1 saturated carbocycles. The summed E-state index contributed by atoms with van der Waals surface area (Å²) in [6, 6.07) is 4.50. The van der Waals surface area contributed by atoms with Crippen LogP contribution in [0.3, 0.4) is 0 Å². The van der Waals surface area contributed by atoms with E-state index in [9.17, 15) is 9.59 Å². The number of amides is 2. The number of rotatable bonds is 5. The van der Waals surface area contributed by atoms with Crippen molar-refractivity contribution in [2.75, 3.05) is 13.1 Å². The topological polar surface area (TPSA) is 49.4 Å². The third kappa shape index (κ3) is 3.46. The zero-order valence-corrected chi connectivity index (χ0v) is 13.0. The minimum Gasteiger partial charge on any atom is -0.355 e. The average Bonchev–Trinajstić information content (AvgIpc) is 3.19. The Kier molecular flexibility index (Phi) is 4.58. The third-order valence-corrected chi connectivity index (χ3v) is 5.48. The second-order valence-corrected chi connectivity index (χ2v) is 7.04. The van der Waals surface area contributed by atoms with Crippen molar-refractivity contribution >= 4 is 23.2 Å². The van der Waals surface area contributed by atoms with Crippen molar-refractivity contribution in [3.05, 3.63) is 22.4 Å². The van der Waals surface area contributed by atoms with Crippen molar-refractivity contribution in [1.82, 2.24) is 10.2 Å². The van der Waals surface area contributed by atoms with Gasteiger partial charge in [-0.05, 0) is 30.7 Å². The summed E-state index contributed by atoms with van der Waals surface area (Å²) in [5.41, 5.74) is 0. The van der Waals surface area contributed by atoms with Crippen LogP contribution in [0, 0.1) is 5.92 Å². The quantitative estimate of drug-likeness (QED) is 0.906. The molecular formula is C16H22N2O2S. The van der Waals surface area contributed by atoms with Gasteiger partial charge in [-0.1, -0.05) is 18.9 Å². The first kappa shape index (κ1) is 14.6. The molecule has 1 aliphatic heterocycles. The molecule has 5 heteroatoms. The number of hydrogen-bond donors (Lipinski definition) is 1. The van der Waals surface area contributed by atoms with Crippen LogP contribution in [-0.4, -0.2) is 35.8 Å². The summed E-state index contributed by atoms with van der Waals surface area (Å²) >= 11 is 1.71. The largest absolute Gasteiger partial charge is 0.355 e. The second-order valence-electron chi connectivity index (χ2n) is 6.01. The second kappa shape index (κ2) is 6.60. The lowest BCUT2D eigenvalue weighted by atomic mass is 10.1. The summed E-state index contributed by atoms with van der Waals surface area (Å²) in [5, 5.41) is 5.03. The maximum atomic E-state index is 12.2. The monoisotopic (exact) mass is 306 g/mol. The smallest absolute Gasteiger partial charge is 0.225 e. The molecule has 1 aromatic heterocycles. The number of nitrogens with one attached hydrogen (secondary N) is 1. The van der Waals surface area contributed by atoms with Gasteiger partial charge in [0, 0.05) is 30.4 Å². The number of nitrogens with zero attached hydrogens (tertiary/aromatic N) is 1. The van der Waals surface area contributed by atoms with Gasteiger partial charge in [0.15, 0.2) is 0 Å².